The summed E-state index contributed by atoms with van der Waals surface area (Å²) in [6, 6.07) is 0. The lowest BCUT2D eigenvalue weighted by Gasteiger charge is -2.05. The Hall–Kier alpha value is -0.0800. The lowest BCUT2D eigenvalue weighted by Crippen LogP contribution is -2.17. The molecule has 0 aromatic carbocycles. The first kappa shape index (κ1) is 17.9. The van der Waals surface area contributed by atoms with E-state index >= 15 is 0 Å². The molecule has 109 valence electrons. The van der Waals surface area contributed by atoms with Gasteiger partial charge in [-0.25, -0.2) is 0 Å². The normalized spacial score (nSPS) is 11.0. The van der Waals surface area contributed by atoms with Gasteiger partial charge in [0.2, 0.25) is 0 Å². The first-order chi connectivity index (χ1) is 8.91. The van der Waals surface area contributed by atoms with Gasteiger partial charge >= 0.3 is 0 Å². The van der Waals surface area contributed by atoms with Gasteiger partial charge in [-0.2, -0.15) is 0 Å². The van der Waals surface area contributed by atoms with Crippen LogP contribution in [0.2, 0.25) is 0 Å². The largest absolute Gasteiger partial charge is 0.317 e. The molecule has 0 rings (SSSR count). The van der Waals surface area contributed by atoms with E-state index in [2.05, 4.69) is 24.5 Å². The Balaban J connectivity index is 2.86. The summed E-state index contributed by atoms with van der Waals surface area (Å²) in [5.41, 5.74) is 0. The van der Waals surface area contributed by atoms with Crippen LogP contribution in [0.1, 0.15) is 71.1 Å². The van der Waals surface area contributed by atoms with Crippen LogP contribution in [-0.2, 0) is 0 Å². The number of hydrogen-bond acceptors (Lipinski definition) is 2. The van der Waals surface area contributed by atoms with Crippen molar-refractivity contribution in [3.8, 4) is 0 Å². The zero-order valence-corrected chi connectivity index (χ0v) is 12.6. The first-order valence-corrected chi connectivity index (χ1v) is 8.12. The second-order valence-corrected chi connectivity index (χ2v) is 5.18. The molecule has 0 saturated carbocycles. The van der Waals surface area contributed by atoms with Gasteiger partial charge in [-0.3, -0.25) is 0 Å². The van der Waals surface area contributed by atoms with Gasteiger partial charge in [0.05, 0.1) is 0 Å². The smallest absolute Gasteiger partial charge is 0.00489 e. The highest BCUT2D eigenvalue weighted by Gasteiger charge is 1.92. The summed E-state index contributed by atoms with van der Waals surface area (Å²) in [5, 5.41) is 7.00. The highest BCUT2D eigenvalue weighted by molar-refractivity contribution is 4.53. The fourth-order valence-electron chi connectivity index (χ4n) is 2.03. The van der Waals surface area contributed by atoms with E-state index in [1.165, 1.54) is 77.4 Å². The maximum Gasteiger partial charge on any atom is -0.00489 e. The molecule has 0 spiro atoms. The first-order valence-electron chi connectivity index (χ1n) is 8.12. The van der Waals surface area contributed by atoms with E-state index in [-0.39, 0.29) is 0 Å². The van der Waals surface area contributed by atoms with Crippen molar-refractivity contribution in [2.45, 2.75) is 71.1 Å². The molecule has 0 saturated heterocycles. The summed E-state index contributed by atoms with van der Waals surface area (Å²) in [6.45, 7) is 10.9. The van der Waals surface area contributed by atoms with Crippen LogP contribution in [-0.4, -0.2) is 26.2 Å². The molecule has 2 N–H and O–H groups in total. The molecule has 2 heteroatoms. The van der Waals surface area contributed by atoms with E-state index in [1.807, 2.05) is 0 Å². The van der Waals surface area contributed by atoms with Crippen molar-refractivity contribution < 1.29 is 0 Å². The van der Waals surface area contributed by atoms with Gasteiger partial charge in [0.15, 0.2) is 0 Å². The van der Waals surface area contributed by atoms with E-state index in [0.717, 1.165) is 13.0 Å². The van der Waals surface area contributed by atoms with Crippen LogP contribution in [0.5, 0.6) is 0 Å². The molecule has 0 bridgehead atoms. The summed E-state index contributed by atoms with van der Waals surface area (Å²) in [6.07, 6.45) is 13.1. The van der Waals surface area contributed by atoms with Gasteiger partial charge in [0, 0.05) is 0 Å². The summed E-state index contributed by atoms with van der Waals surface area (Å²) in [4.78, 5) is 0. The summed E-state index contributed by atoms with van der Waals surface area (Å²) in [5.74, 6) is 0. The van der Waals surface area contributed by atoms with Crippen molar-refractivity contribution in [1.29, 1.82) is 0 Å². The molecular weight excluding hydrogens is 220 g/mol. The molecule has 0 amide bonds. The highest BCUT2D eigenvalue weighted by atomic mass is 14.8. The second kappa shape index (κ2) is 16.9. The zero-order chi connectivity index (χ0) is 13.3. The molecule has 0 aliphatic carbocycles. The van der Waals surface area contributed by atoms with Crippen LogP contribution in [0.15, 0.2) is 0 Å². The molecule has 18 heavy (non-hydrogen) atoms. The van der Waals surface area contributed by atoms with Gasteiger partial charge in [0.25, 0.3) is 0 Å². The molecule has 0 heterocycles. The van der Waals surface area contributed by atoms with Gasteiger partial charge < -0.3 is 10.6 Å². The van der Waals surface area contributed by atoms with Crippen molar-refractivity contribution in [2.75, 3.05) is 26.2 Å². The molecule has 0 aromatic rings. The molecule has 0 unspecified atom stereocenters. The van der Waals surface area contributed by atoms with E-state index < -0.39 is 0 Å². The molecule has 0 aliphatic heterocycles. The third kappa shape index (κ3) is 15.9. The summed E-state index contributed by atoms with van der Waals surface area (Å²) < 4.78 is 0. The molecule has 0 fully saturated rings. The average Bonchev–Trinajstić information content (AvgIpc) is 2.39. The van der Waals surface area contributed by atoms with Crippen molar-refractivity contribution in [3.63, 3.8) is 0 Å². The molecule has 1 radical (unpaired) electrons. The average molecular weight is 255 g/mol. The van der Waals surface area contributed by atoms with Crippen LogP contribution in [0.25, 0.3) is 0 Å². The molecule has 0 atom stereocenters. The second-order valence-electron chi connectivity index (χ2n) is 5.18. The Bertz CT molecular complexity index is 121. The maximum absolute atomic E-state index is 3.84. The lowest BCUT2D eigenvalue weighted by atomic mass is 10.2. The van der Waals surface area contributed by atoms with E-state index in [9.17, 15) is 0 Å². The van der Waals surface area contributed by atoms with Crippen molar-refractivity contribution in [1.82, 2.24) is 10.6 Å². The van der Waals surface area contributed by atoms with Gasteiger partial charge in [-0.15, -0.1) is 0 Å². The van der Waals surface area contributed by atoms with Crippen molar-refractivity contribution >= 4 is 0 Å². The van der Waals surface area contributed by atoms with Gasteiger partial charge in [-0.1, -0.05) is 52.4 Å². The Morgan fingerprint density at radius 3 is 1.50 bits per heavy atom. The molecule has 0 aliphatic rings. The number of unbranched alkanes of at least 4 members (excludes halogenated alkanes) is 7. The quantitative estimate of drug-likeness (QED) is 0.433. The van der Waals surface area contributed by atoms with Gasteiger partial charge in [-0.05, 0) is 51.9 Å². The minimum atomic E-state index is 1.05. The highest BCUT2D eigenvalue weighted by Crippen LogP contribution is 1.99. The topological polar surface area (TPSA) is 24.1 Å². The third-order valence-electron chi connectivity index (χ3n) is 3.27. The number of nitrogens with one attached hydrogen (secondary N) is 2. The van der Waals surface area contributed by atoms with Crippen molar-refractivity contribution in [3.05, 3.63) is 6.92 Å². The molecular formula is C16H35N2. The summed E-state index contributed by atoms with van der Waals surface area (Å²) >= 11 is 0. The standard InChI is InChI=1S/C16H35N2/c1-3-5-7-10-14-18-16-12-9-8-11-15-17-13-6-4-2/h17-18H,2-16H2,1H3. The van der Waals surface area contributed by atoms with Crippen LogP contribution in [0.3, 0.4) is 0 Å². The predicted octanol–water partition coefficient (Wildman–Crippen LogP) is 3.92. The fourth-order valence-corrected chi connectivity index (χ4v) is 2.03. The number of hydrogen-bond donors (Lipinski definition) is 2. The Labute approximate surface area is 115 Å². The Morgan fingerprint density at radius 1 is 0.611 bits per heavy atom. The minimum Gasteiger partial charge on any atom is -0.317 e. The molecule has 2 nitrogen and oxygen atoms in total. The zero-order valence-electron chi connectivity index (χ0n) is 12.6. The SMILES string of the molecule is [CH2]CCCNCCCCCCNCCCCCC. The monoisotopic (exact) mass is 255 g/mol. The minimum absolute atomic E-state index is 1.05. The van der Waals surface area contributed by atoms with Crippen LogP contribution < -0.4 is 10.6 Å². The lowest BCUT2D eigenvalue weighted by molar-refractivity contribution is 0.545. The van der Waals surface area contributed by atoms with E-state index in [0.29, 0.717) is 0 Å². The van der Waals surface area contributed by atoms with Crippen LogP contribution in [0, 0.1) is 6.92 Å². The number of rotatable bonds is 15. The van der Waals surface area contributed by atoms with Crippen LogP contribution in [0.4, 0.5) is 0 Å². The fraction of sp³-hybridized carbons (Fsp3) is 0.938. The Morgan fingerprint density at radius 2 is 1.06 bits per heavy atom. The third-order valence-corrected chi connectivity index (χ3v) is 3.27. The van der Waals surface area contributed by atoms with E-state index in [1.54, 1.807) is 0 Å². The Kier molecular flexibility index (Phi) is 16.8. The summed E-state index contributed by atoms with van der Waals surface area (Å²) in [7, 11) is 0. The van der Waals surface area contributed by atoms with Crippen LogP contribution >= 0.6 is 0 Å². The van der Waals surface area contributed by atoms with Crippen molar-refractivity contribution in [2.24, 2.45) is 0 Å². The van der Waals surface area contributed by atoms with E-state index in [4.69, 9.17) is 0 Å². The van der Waals surface area contributed by atoms with Gasteiger partial charge in [0.1, 0.15) is 0 Å². The maximum atomic E-state index is 3.84. The molecule has 0 aromatic heterocycles. The predicted molar refractivity (Wildman–Crippen MR) is 82.9 cm³/mol.